The first kappa shape index (κ1) is 16.8. The minimum atomic E-state index is 0.626. The number of aromatic nitrogens is 1. The average Bonchev–Trinajstić information content (AvgIpc) is 2.41. The van der Waals surface area contributed by atoms with E-state index in [9.17, 15) is 5.21 Å². The molecule has 108 valence electrons. The molecule has 1 rings (SSSR count). The van der Waals surface area contributed by atoms with Crippen molar-refractivity contribution in [3.05, 3.63) is 28.7 Å². The van der Waals surface area contributed by atoms with Gasteiger partial charge in [0, 0.05) is 34.5 Å². The lowest BCUT2D eigenvalue weighted by atomic mass is 10.2. The molecule has 0 spiro atoms. The molecule has 0 unspecified atom stereocenters. The summed E-state index contributed by atoms with van der Waals surface area (Å²) in [4.78, 5) is 1.14. The van der Waals surface area contributed by atoms with E-state index in [0.717, 1.165) is 38.6 Å². The van der Waals surface area contributed by atoms with Gasteiger partial charge in [-0.25, -0.2) is 0 Å². The number of halogens is 1. The Balaban J connectivity index is 2.18. The Bertz CT molecular complexity index is 390. The standard InChI is InChI=1S/C13H20BrNO3S/c1-11-12(2)15(16)5-3-13(11)19-10-9-18-8-7-17-6-4-14/h3,5H,4,6-10H2,1-2H3. The zero-order valence-electron chi connectivity index (χ0n) is 11.4. The number of thioether (sulfide) groups is 1. The van der Waals surface area contributed by atoms with Crippen LogP contribution in [0.5, 0.6) is 0 Å². The maximum Gasteiger partial charge on any atom is 0.193 e. The minimum absolute atomic E-state index is 0.626. The summed E-state index contributed by atoms with van der Waals surface area (Å²) < 4.78 is 11.6. The summed E-state index contributed by atoms with van der Waals surface area (Å²) in [6, 6.07) is 1.86. The first-order chi connectivity index (χ1) is 9.16. The van der Waals surface area contributed by atoms with E-state index in [2.05, 4.69) is 15.9 Å². The lowest BCUT2D eigenvalue weighted by molar-refractivity contribution is -0.613. The van der Waals surface area contributed by atoms with Crippen LogP contribution >= 0.6 is 27.7 Å². The first-order valence-corrected chi connectivity index (χ1v) is 8.31. The second kappa shape index (κ2) is 9.58. The maximum atomic E-state index is 11.4. The Morgan fingerprint density at radius 1 is 1.21 bits per heavy atom. The average molecular weight is 350 g/mol. The third-order valence-electron chi connectivity index (χ3n) is 2.68. The highest BCUT2D eigenvalue weighted by atomic mass is 79.9. The van der Waals surface area contributed by atoms with Gasteiger partial charge >= 0.3 is 0 Å². The van der Waals surface area contributed by atoms with E-state index in [4.69, 9.17) is 9.47 Å². The lowest BCUT2D eigenvalue weighted by Crippen LogP contribution is -2.30. The highest BCUT2D eigenvalue weighted by molar-refractivity contribution is 9.09. The van der Waals surface area contributed by atoms with Crippen LogP contribution in [0.1, 0.15) is 11.3 Å². The summed E-state index contributed by atoms with van der Waals surface area (Å²) in [6.45, 7) is 6.48. The van der Waals surface area contributed by atoms with Crippen LogP contribution in [0, 0.1) is 19.1 Å². The topological polar surface area (TPSA) is 45.4 Å². The van der Waals surface area contributed by atoms with Gasteiger partial charge in [-0.1, -0.05) is 15.9 Å². The van der Waals surface area contributed by atoms with Crippen molar-refractivity contribution in [2.24, 2.45) is 0 Å². The van der Waals surface area contributed by atoms with E-state index < -0.39 is 0 Å². The monoisotopic (exact) mass is 349 g/mol. The van der Waals surface area contributed by atoms with Crippen LogP contribution in [-0.4, -0.2) is 37.5 Å². The second-order valence-electron chi connectivity index (χ2n) is 3.98. The summed E-state index contributed by atoms with van der Waals surface area (Å²) in [5.41, 5.74) is 1.80. The molecule has 0 amide bonds. The molecule has 0 fully saturated rings. The maximum absolute atomic E-state index is 11.4. The van der Waals surface area contributed by atoms with Crippen molar-refractivity contribution in [3.8, 4) is 0 Å². The SMILES string of the molecule is Cc1c(SCCOCCOCCBr)cc[n+]([O-])c1C. The van der Waals surface area contributed by atoms with Crippen molar-refractivity contribution in [1.29, 1.82) is 0 Å². The largest absolute Gasteiger partial charge is 0.619 e. The molecule has 0 aliphatic rings. The van der Waals surface area contributed by atoms with Crippen LogP contribution in [0.15, 0.2) is 17.2 Å². The summed E-state index contributed by atoms with van der Waals surface area (Å²) in [5.74, 6) is 0.877. The predicted octanol–water partition coefficient (Wildman–Crippen LogP) is 2.46. The Labute approximate surface area is 127 Å². The number of hydrogen-bond donors (Lipinski definition) is 0. The van der Waals surface area contributed by atoms with Gasteiger partial charge in [-0.3, -0.25) is 0 Å². The quantitative estimate of drug-likeness (QED) is 0.226. The van der Waals surface area contributed by atoms with E-state index in [1.54, 1.807) is 18.0 Å². The predicted molar refractivity (Wildman–Crippen MR) is 81.0 cm³/mol. The Morgan fingerprint density at radius 3 is 2.58 bits per heavy atom. The van der Waals surface area contributed by atoms with Crippen molar-refractivity contribution in [1.82, 2.24) is 0 Å². The van der Waals surface area contributed by atoms with Gasteiger partial charge in [0.05, 0.1) is 26.4 Å². The van der Waals surface area contributed by atoms with Gasteiger partial charge in [0.1, 0.15) is 0 Å². The smallest absolute Gasteiger partial charge is 0.193 e. The molecule has 0 saturated heterocycles. The van der Waals surface area contributed by atoms with E-state index in [1.165, 1.54) is 0 Å². The molecule has 0 bridgehead atoms. The van der Waals surface area contributed by atoms with Gasteiger partial charge in [0.15, 0.2) is 11.9 Å². The van der Waals surface area contributed by atoms with Crippen LogP contribution in [0.4, 0.5) is 0 Å². The molecule has 0 N–H and O–H groups in total. The Morgan fingerprint density at radius 2 is 1.89 bits per heavy atom. The second-order valence-corrected chi connectivity index (χ2v) is 5.91. The highest BCUT2D eigenvalue weighted by Crippen LogP contribution is 2.22. The van der Waals surface area contributed by atoms with Crippen LogP contribution in [0.25, 0.3) is 0 Å². The van der Waals surface area contributed by atoms with Gasteiger partial charge in [-0.2, -0.15) is 4.73 Å². The number of rotatable bonds is 9. The molecule has 0 radical (unpaired) electrons. The van der Waals surface area contributed by atoms with E-state index in [1.807, 2.05) is 19.9 Å². The van der Waals surface area contributed by atoms with Gasteiger partial charge < -0.3 is 14.7 Å². The van der Waals surface area contributed by atoms with E-state index >= 15 is 0 Å². The van der Waals surface area contributed by atoms with Gasteiger partial charge in [0.25, 0.3) is 0 Å². The van der Waals surface area contributed by atoms with E-state index in [-0.39, 0.29) is 0 Å². The number of hydrogen-bond acceptors (Lipinski definition) is 4. The fraction of sp³-hybridized carbons (Fsp3) is 0.615. The van der Waals surface area contributed by atoms with Crippen molar-refractivity contribution in [3.63, 3.8) is 0 Å². The molecule has 0 atom stereocenters. The number of alkyl halides is 1. The Hall–Kier alpha value is -0.300. The van der Waals surface area contributed by atoms with Crippen LogP contribution < -0.4 is 4.73 Å². The molecule has 0 saturated carbocycles. The Kier molecular flexibility index (Phi) is 8.45. The van der Waals surface area contributed by atoms with Gasteiger partial charge in [-0.05, 0) is 6.92 Å². The van der Waals surface area contributed by atoms with Crippen molar-refractivity contribution in [2.45, 2.75) is 18.7 Å². The van der Waals surface area contributed by atoms with Crippen molar-refractivity contribution >= 4 is 27.7 Å². The molecule has 1 heterocycles. The number of nitrogens with zero attached hydrogens (tertiary/aromatic N) is 1. The molecule has 19 heavy (non-hydrogen) atoms. The molecule has 1 aromatic rings. The van der Waals surface area contributed by atoms with Crippen molar-refractivity contribution < 1.29 is 14.2 Å². The third kappa shape index (κ3) is 6.12. The molecule has 1 aromatic heterocycles. The van der Waals surface area contributed by atoms with Gasteiger partial charge in [0.2, 0.25) is 0 Å². The summed E-state index contributed by atoms with van der Waals surface area (Å²) in [5, 5.41) is 12.2. The van der Waals surface area contributed by atoms with Crippen LogP contribution in [0.3, 0.4) is 0 Å². The molecular weight excluding hydrogens is 330 g/mol. The normalized spacial score (nSPS) is 10.9. The molecule has 4 nitrogen and oxygen atoms in total. The zero-order chi connectivity index (χ0) is 14.1. The van der Waals surface area contributed by atoms with Crippen molar-refractivity contribution in [2.75, 3.05) is 37.5 Å². The number of pyridine rings is 1. The number of ether oxygens (including phenoxy) is 2. The fourth-order valence-electron chi connectivity index (χ4n) is 1.46. The molecule has 6 heteroatoms. The third-order valence-corrected chi connectivity index (χ3v) is 4.13. The molecule has 0 aromatic carbocycles. The lowest BCUT2D eigenvalue weighted by Gasteiger charge is -2.09. The molecule has 0 aliphatic carbocycles. The van der Waals surface area contributed by atoms with Crippen LogP contribution in [-0.2, 0) is 9.47 Å². The first-order valence-electron chi connectivity index (χ1n) is 6.20. The summed E-state index contributed by atoms with van der Waals surface area (Å²) in [6.07, 6.45) is 1.56. The van der Waals surface area contributed by atoms with E-state index in [0.29, 0.717) is 19.8 Å². The molecular formula is C13H20BrNO3S. The zero-order valence-corrected chi connectivity index (χ0v) is 13.8. The highest BCUT2D eigenvalue weighted by Gasteiger charge is 2.08. The van der Waals surface area contributed by atoms with Gasteiger partial charge in [-0.15, -0.1) is 11.8 Å². The minimum Gasteiger partial charge on any atom is -0.619 e. The molecule has 0 aliphatic heterocycles. The van der Waals surface area contributed by atoms with Crippen LogP contribution in [0.2, 0.25) is 0 Å². The fourth-order valence-corrected chi connectivity index (χ4v) is 2.63. The summed E-state index contributed by atoms with van der Waals surface area (Å²) in [7, 11) is 0. The summed E-state index contributed by atoms with van der Waals surface area (Å²) >= 11 is 5.01.